The van der Waals surface area contributed by atoms with Crippen LogP contribution in [0.3, 0.4) is 0 Å². The van der Waals surface area contributed by atoms with Crippen LogP contribution < -0.4 is 10.6 Å². The van der Waals surface area contributed by atoms with E-state index < -0.39 is 23.4 Å². The van der Waals surface area contributed by atoms with Gasteiger partial charge in [0, 0.05) is 29.7 Å². The molecule has 1 heterocycles. The van der Waals surface area contributed by atoms with E-state index >= 15 is 0 Å². The van der Waals surface area contributed by atoms with E-state index in [9.17, 15) is 14.4 Å². The lowest BCUT2D eigenvalue weighted by molar-refractivity contribution is -0.120. The maximum absolute atomic E-state index is 13.2. The second kappa shape index (κ2) is 11.7. The largest absolute Gasteiger partial charge is 0.444 e. The summed E-state index contributed by atoms with van der Waals surface area (Å²) in [6.45, 7) is 1.67. The van der Waals surface area contributed by atoms with Crippen molar-refractivity contribution in [2.75, 3.05) is 5.32 Å². The Morgan fingerprint density at radius 2 is 1.69 bits per heavy atom. The minimum atomic E-state index is -0.915. The number of aromatic nitrogens is 1. The van der Waals surface area contributed by atoms with Crippen molar-refractivity contribution >= 4 is 36.2 Å². The van der Waals surface area contributed by atoms with Crippen molar-refractivity contribution in [1.29, 1.82) is 0 Å². The van der Waals surface area contributed by atoms with Crippen LogP contribution in [0, 0.1) is 0 Å². The highest BCUT2D eigenvalue weighted by Gasteiger charge is 2.33. The number of benzene rings is 2. The second-order valence-electron chi connectivity index (χ2n) is 8.59. The molecule has 1 unspecified atom stereocenters. The third kappa shape index (κ3) is 6.63. The minimum Gasteiger partial charge on any atom is -0.444 e. The Morgan fingerprint density at radius 1 is 1.03 bits per heavy atom. The molecule has 8 nitrogen and oxygen atoms in total. The average molecular weight is 505 g/mol. The summed E-state index contributed by atoms with van der Waals surface area (Å²) >= 11 is 4.64. The van der Waals surface area contributed by atoms with E-state index in [0.717, 1.165) is 18.4 Å². The first-order valence-corrected chi connectivity index (χ1v) is 12.2. The van der Waals surface area contributed by atoms with Crippen molar-refractivity contribution < 1.29 is 19.1 Å². The summed E-state index contributed by atoms with van der Waals surface area (Å²) in [6, 6.07) is 18.7. The molecule has 1 aromatic heterocycles. The molecule has 3 amide bonds. The van der Waals surface area contributed by atoms with Gasteiger partial charge in [0.05, 0.1) is 0 Å². The molecule has 0 radical (unpaired) electrons. The third-order valence-electron chi connectivity index (χ3n) is 5.81. The van der Waals surface area contributed by atoms with Gasteiger partial charge in [-0.05, 0) is 67.3 Å². The van der Waals surface area contributed by atoms with Crippen LogP contribution in [0.4, 0.5) is 10.5 Å². The lowest BCUT2D eigenvalue weighted by atomic mass is 10.1. The molecule has 9 heteroatoms. The number of ether oxygens (including phenoxy) is 1. The van der Waals surface area contributed by atoms with Crippen LogP contribution in [-0.4, -0.2) is 39.9 Å². The van der Waals surface area contributed by atoms with Gasteiger partial charge in [-0.2, -0.15) is 0 Å². The predicted octanol–water partition coefficient (Wildman–Crippen LogP) is 4.57. The normalized spacial score (nSPS) is 14.3. The van der Waals surface area contributed by atoms with Gasteiger partial charge in [0.25, 0.3) is 5.91 Å². The fourth-order valence-corrected chi connectivity index (χ4v) is 4.00. The fourth-order valence-electron chi connectivity index (χ4n) is 3.53. The van der Waals surface area contributed by atoms with Crippen molar-refractivity contribution in [2.24, 2.45) is 0 Å². The summed E-state index contributed by atoms with van der Waals surface area (Å²) in [6.07, 6.45) is 4.53. The van der Waals surface area contributed by atoms with Gasteiger partial charge in [0.2, 0.25) is 5.91 Å². The Balaban J connectivity index is 1.46. The first kappa shape index (κ1) is 25.2. The van der Waals surface area contributed by atoms with Crippen LogP contribution in [-0.2, 0) is 16.1 Å². The van der Waals surface area contributed by atoms with Gasteiger partial charge in [-0.25, -0.2) is 4.79 Å². The van der Waals surface area contributed by atoms with E-state index in [-0.39, 0.29) is 18.6 Å². The number of nitrogens with zero attached hydrogens (tertiary/aromatic N) is 2. The topological polar surface area (TPSA) is 101 Å². The fraction of sp³-hybridized carbons (Fsp3) is 0.259. The number of anilines is 1. The number of carbonyl (C=O) groups is 3. The van der Waals surface area contributed by atoms with Crippen LogP contribution in [0.15, 0.2) is 79.1 Å². The summed E-state index contributed by atoms with van der Waals surface area (Å²) in [7, 11) is 0. The van der Waals surface area contributed by atoms with Gasteiger partial charge in [0.1, 0.15) is 18.0 Å². The zero-order chi connectivity index (χ0) is 25.5. The maximum atomic E-state index is 13.2. The Morgan fingerprint density at radius 3 is 2.33 bits per heavy atom. The van der Waals surface area contributed by atoms with E-state index in [1.54, 1.807) is 55.7 Å². The Kier molecular flexibility index (Phi) is 8.22. The molecular formula is C27H28N4O4S. The Bertz CT molecular complexity index is 1190. The highest BCUT2D eigenvalue weighted by Crippen LogP contribution is 2.28. The molecule has 0 aliphatic heterocycles. The molecule has 186 valence electrons. The van der Waals surface area contributed by atoms with Crippen LogP contribution >= 0.6 is 12.6 Å². The second-order valence-corrected chi connectivity index (χ2v) is 9.08. The number of thiol groups is 1. The van der Waals surface area contributed by atoms with Crippen LogP contribution in [0.5, 0.6) is 0 Å². The highest BCUT2D eigenvalue weighted by atomic mass is 32.1. The van der Waals surface area contributed by atoms with Crippen LogP contribution in [0.1, 0.15) is 46.6 Å². The SMILES string of the molecule is C[C@@H](C(=O)Nc1ccc(C(=O)NC2CC2)cc1)N(C(=O)OCc1ccccc1)C(S)c1ccncc1. The molecule has 0 saturated heterocycles. The molecule has 1 saturated carbocycles. The number of pyridine rings is 1. The van der Waals surface area contributed by atoms with E-state index in [1.807, 2.05) is 30.3 Å². The average Bonchev–Trinajstić information content (AvgIpc) is 3.73. The number of nitrogens with one attached hydrogen (secondary N) is 2. The third-order valence-corrected chi connectivity index (χ3v) is 6.35. The van der Waals surface area contributed by atoms with E-state index in [1.165, 1.54) is 4.90 Å². The van der Waals surface area contributed by atoms with Gasteiger partial charge in [-0.1, -0.05) is 30.3 Å². The standard InChI is InChI=1S/C27H28N4O4S/c1-18(24(32)29-22-9-7-20(8-10-22)25(33)30-23-11-12-23)31(26(36)21-13-15-28-16-14-21)27(34)35-17-19-5-3-2-4-6-19/h2-10,13-16,18,23,26,36H,11-12,17H2,1H3,(H,29,32)(H,30,33)/t18-,26?/m0/s1. The zero-order valence-corrected chi connectivity index (χ0v) is 20.7. The summed E-state index contributed by atoms with van der Waals surface area (Å²) in [5.41, 5.74) is 2.54. The smallest absolute Gasteiger partial charge is 0.411 e. The quantitative estimate of drug-likeness (QED) is 0.293. The highest BCUT2D eigenvalue weighted by molar-refractivity contribution is 7.80. The van der Waals surface area contributed by atoms with Gasteiger partial charge in [-0.15, -0.1) is 12.6 Å². The van der Waals surface area contributed by atoms with Crippen molar-refractivity contribution in [3.05, 3.63) is 95.8 Å². The summed E-state index contributed by atoms with van der Waals surface area (Å²) < 4.78 is 5.53. The van der Waals surface area contributed by atoms with E-state index in [4.69, 9.17) is 4.74 Å². The number of hydrogen-bond donors (Lipinski definition) is 3. The van der Waals surface area contributed by atoms with Gasteiger partial charge in [-0.3, -0.25) is 19.5 Å². The molecule has 2 atom stereocenters. The monoisotopic (exact) mass is 504 g/mol. The molecule has 2 aromatic carbocycles. The van der Waals surface area contributed by atoms with Crippen molar-refractivity contribution in [1.82, 2.24) is 15.2 Å². The van der Waals surface area contributed by atoms with Crippen LogP contribution in [0.25, 0.3) is 0 Å². The molecule has 3 aromatic rings. The number of hydrogen-bond acceptors (Lipinski definition) is 6. The number of rotatable bonds is 9. The van der Waals surface area contributed by atoms with Crippen molar-refractivity contribution in [3.8, 4) is 0 Å². The molecule has 0 bridgehead atoms. The molecular weight excluding hydrogens is 476 g/mol. The zero-order valence-electron chi connectivity index (χ0n) is 19.8. The van der Waals surface area contributed by atoms with Crippen molar-refractivity contribution in [2.45, 2.75) is 43.8 Å². The van der Waals surface area contributed by atoms with Crippen LogP contribution in [0.2, 0.25) is 0 Å². The summed E-state index contributed by atoms with van der Waals surface area (Å²) in [5.74, 6) is -0.554. The van der Waals surface area contributed by atoms with Crippen molar-refractivity contribution in [3.63, 3.8) is 0 Å². The molecule has 1 aliphatic carbocycles. The summed E-state index contributed by atoms with van der Waals surface area (Å²) in [4.78, 5) is 43.8. The van der Waals surface area contributed by atoms with Gasteiger partial charge >= 0.3 is 6.09 Å². The minimum absolute atomic E-state index is 0.0612. The molecule has 1 fully saturated rings. The molecule has 36 heavy (non-hydrogen) atoms. The molecule has 0 spiro atoms. The maximum Gasteiger partial charge on any atom is 0.411 e. The molecule has 2 N–H and O–H groups in total. The molecule has 1 aliphatic rings. The lowest BCUT2D eigenvalue weighted by Crippen LogP contribution is -2.46. The first-order chi connectivity index (χ1) is 17.4. The summed E-state index contributed by atoms with van der Waals surface area (Å²) in [5, 5.41) is 5.00. The molecule has 4 rings (SSSR count). The number of carbonyl (C=O) groups excluding carboxylic acids is 3. The number of amides is 3. The van der Waals surface area contributed by atoms with Gasteiger partial charge < -0.3 is 15.4 Å². The Hall–Kier alpha value is -3.85. The first-order valence-electron chi connectivity index (χ1n) is 11.7. The van der Waals surface area contributed by atoms with E-state index in [2.05, 4.69) is 28.2 Å². The van der Waals surface area contributed by atoms with Gasteiger partial charge in [0.15, 0.2) is 0 Å². The lowest BCUT2D eigenvalue weighted by Gasteiger charge is -2.32. The Labute approximate surface area is 215 Å². The predicted molar refractivity (Wildman–Crippen MR) is 139 cm³/mol. The van der Waals surface area contributed by atoms with E-state index in [0.29, 0.717) is 16.8 Å².